The van der Waals surface area contributed by atoms with Crippen LogP contribution in [0.15, 0.2) is 18.2 Å². The zero-order valence-corrected chi connectivity index (χ0v) is 8.90. The van der Waals surface area contributed by atoms with Crippen molar-refractivity contribution in [3.05, 3.63) is 29.6 Å². The molecule has 1 fully saturated rings. The van der Waals surface area contributed by atoms with E-state index >= 15 is 0 Å². The summed E-state index contributed by atoms with van der Waals surface area (Å²) in [5.41, 5.74) is 0.185. The van der Waals surface area contributed by atoms with Crippen LogP contribution in [0.2, 0.25) is 0 Å². The van der Waals surface area contributed by atoms with Crippen molar-refractivity contribution >= 4 is 5.91 Å². The summed E-state index contributed by atoms with van der Waals surface area (Å²) in [4.78, 5) is 17.0. The Morgan fingerprint density at radius 3 is 3.00 bits per heavy atom. The van der Waals surface area contributed by atoms with Crippen LogP contribution in [-0.4, -0.2) is 31.2 Å². The molecule has 86 valence electrons. The van der Waals surface area contributed by atoms with E-state index in [0.717, 1.165) is 12.5 Å². The fourth-order valence-electron chi connectivity index (χ4n) is 1.59. The molecule has 0 spiro atoms. The highest BCUT2D eigenvalue weighted by Crippen LogP contribution is 2.22. The number of hydroxylamine groups is 2. The first kappa shape index (κ1) is 10.9. The SMILES string of the molecule is COc1ccc(F)cc1C(=O)N1CCCO1. The Balaban J connectivity index is 2.30. The van der Waals surface area contributed by atoms with Gasteiger partial charge in [0.05, 0.1) is 25.8 Å². The molecule has 0 saturated carbocycles. The number of hydrogen-bond acceptors (Lipinski definition) is 3. The van der Waals surface area contributed by atoms with Gasteiger partial charge in [0.25, 0.3) is 5.91 Å². The molecule has 0 N–H and O–H groups in total. The van der Waals surface area contributed by atoms with Crippen molar-refractivity contribution in [3.63, 3.8) is 0 Å². The zero-order chi connectivity index (χ0) is 11.5. The fourth-order valence-corrected chi connectivity index (χ4v) is 1.59. The van der Waals surface area contributed by atoms with E-state index in [4.69, 9.17) is 9.57 Å². The van der Waals surface area contributed by atoms with Crippen LogP contribution in [-0.2, 0) is 4.84 Å². The van der Waals surface area contributed by atoms with Crippen molar-refractivity contribution in [2.75, 3.05) is 20.3 Å². The van der Waals surface area contributed by atoms with Gasteiger partial charge in [0.2, 0.25) is 0 Å². The van der Waals surface area contributed by atoms with Gasteiger partial charge in [-0.15, -0.1) is 0 Å². The molecule has 0 atom stereocenters. The van der Waals surface area contributed by atoms with E-state index in [2.05, 4.69) is 0 Å². The molecule has 1 aliphatic heterocycles. The van der Waals surface area contributed by atoms with Crippen LogP contribution in [0.1, 0.15) is 16.8 Å². The van der Waals surface area contributed by atoms with Crippen molar-refractivity contribution < 1.29 is 18.8 Å². The second-order valence-corrected chi connectivity index (χ2v) is 3.44. The van der Waals surface area contributed by atoms with Crippen LogP contribution in [0.3, 0.4) is 0 Å². The first-order valence-corrected chi connectivity index (χ1v) is 5.00. The maximum Gasteiger partial charge on any atom is 0.281 e. The summed E-state index contributed by atoms with van der Waals surface area (Å²) in [5, 5.41) is 1.23. The molecule has 1 aliphatic rings. The largest absolute Gasteiger partial charge is 0.496 e. The maximum absolute atomic E-state index is 13.1. The highest BCUT2D eigenvalue weighted by molar-refractivity contribution is 5.96. The number of carbonyl (C=O) groups is 1. The molecule has 2 rings (SSSR count). The lowest BCUT2D eigenvalue weighted by molar-refractivity contribution is -0.0769. The second-order valence-electron chi connectivity index (χ2n) is 3.44. The van der Waals surface area contributed by atoms with Crippen molar-refractivity contribution in [3.8, 4) is 5.75 Å². The molecule has 16 heavy (non-hydrogen) atoms. The summed E-state index contributed by atoms with van der Waals surface area (Å²) in [5.74, 6) is -0.487. The Kier molecular flexibility index (Phi) is 3.05. The minimum atomic E-state index is -0.469. The predicted octanol–water partition coefficient (Wildman–Crippen LogP) is 1.61. The third-order valence-corrected chi connectivity index (χ3v) is 2.37. The van der Waals surface area contributed by atoms with Gasteiger partial charge in [-0.2, -0.15) is 0 Å². The molecule has 1 heterocycles. The summed E-state index contributed by atoms with van der Waals surface area (Å²) in [6.07, 6.45) is 0.795. The van der Waals surface area contributed by atoms with Crippen LogP contribution in [0.5, 0.6) is 5.75 Å². The first-order valence-electron chi connectivity index (χ1n) is 5.00. The number of amides is 1. The smallest absolute Gasteiger partial charge is 0.281 e. The predicted molar refractivity (Wildman–Crippen MR) is 54.6 cm³/mol. The first-order chi connectivity index (χ1) is 7.72. The molecular weight excluding hydrogens is 213 g/mol. The van der Waals surface area contributed by atoms with E-state index in [1.807, 2.05) is 0 Å². The number of halogens is 1. The Labute approximate surface area is 92.5 Å². The quantitative estimate of drug-likeness (QED) is 0.767. The van der Waals surface area contributed by atoms with Gasteiger partial charge in [-0.3, -0.25) is 9.63 Å². The number of rotatable bonds is 2. The molecule has 0 aromatic heterocycles. The average Bonchev–Trinajstić information content (AvgIpc) is 2.81. The number of benzene rings is 1. The summed E-state index contributed by atoms with van der Waals surface area (Å²) >= 11 is 0. The van der Waals surface area contributed by atoms with E-state index in [9.17, 15) is 9.18 Å². The van der Waals surface area contributed by atoms with Crippen molar-refractivity contribution in [1.82, 2.24) is 5.06 Å². The molecular formula is C11H12FNO3. The van der Waals surface area contributed by atoms with Gasteiger partial charge in [-0.1, -0.05) is 0 Å². The van der Waals surface area contributed by atoms with E-state index in [1.165, 1.54) is 24.3 Å². The average molecular weight is 225 g/mol. The molecule has 0 bridgehead atoms. The van der Waals surface area contributed by atoms with Gasteiger partial charge in [0, 0.05) is 0 Å². The number of methoxy groups -OCH3 is 1. The Morgan fingerprint density at radius 1 is 1.56 bits per heavy atom. The summed E-state index contributed by atoms with van der Waals surface area (Å²) in [6.45, 7) is 1.04. The summed E-state index contributed by atoms with van der Waals surface area (Å²) in [7, 11) is 1.44. The third-order valence-electron chi connectivity index (χ3n) is 2.37. The van der Waals surface area contributed by atoms with Gasteiger partial charge >= 0.3 is 0 Å². The molecule has 1 saturated heterocycles. The molecule has 0 unspecified atom stereocenters. The van der Waals surface area contributed by atoms with E-state index in [1.54, 1.807) is 0 Å². The van der Waals surface area contributed by atoms with Gasteiger partial charge in [-0.05, 0) is 24.6 Å². The molecule has 1 amide bonds. The molecule has 5 heteroatoms. The number of carbonyl (C=O) groups excluding carboxylic acids is 1. The van der Waals surface area contributed by atoms with Crippen LogP contribution in [0.4, 0.5) is 4.39 Å². The summed E-state index contributed by atoms with van der Waals surface area (Å²) in [6, 6.07) is 3.84. The molecule has 1 aromatic rings. The standard InChI is InChI=1S/C11H12FNO3/c1-15-10-4-3-8(12)7-9(10)11(14)13-5-2-6-16-13/h3-4,7H,2,5-6H2,1H3. The number of ether oxygens (including phenoxy) is 1. The monoisotopic (exact) mass is 225 g/mol. The summed E-state index contributed by atoms with van der Waals surface area (Å²) < 4.78 is 18.1. The molecule has 4 nitrogen and oxygen atoms in total. The van der Waals surface area contributed by atoms with Gasteiger partial charge < -0.3 is 4.74 Å². The van der Waals surface area contributed by atoms with E-state index < -0.39 is 5.82 Å². The molecule has 0 aliphatic carbocycles. The molecule has 1 aromatic carbocycles. The normalized spacial score (nSPS) is 15.2. The van der Waals surface area contributed by atoms with Crippen LogP contribution in [0.25, 0.3) is 0 Å². The zero-order valence-electron chi connectivity index (χ0n) is 8.90. The number of hydrogen-bond donors (Lipinski definition) is 0. The third kappa shape index (κ3) is 1.99. The van der Waals surface area contributed by atoms with Crippen LogP contribution >= 0.6 is 0 Å². The minimum Gasteiger partial charge on any atom is -0.496 e. The van der Waals surface area contributed by atoms with Gasteiger partial charge in [0.1, 0.15) is 11.6 Å². The number of nitrogens with zero attached hydrogens (tertiary/aromatic N) is 1. The van der Waals surface area contributed by atoms with Crippen LogP contribution < -0.4 is 4.74 Å². The minimum absolute atomic E-state index is 0.185. The molecule has 0 radical (unpaired) electrons. The van der Waals surface area contributed by atoms with E-state index in [0.29, 0.717) is 18.9 Å². The lowest BCUT2D eigenvalue weighted by Crippen LogP contribution is -2.27. The highest BCUT2D eigenvalue weighted by atomic mass is 19.1. The lowest BCUT2D eigenvalue weighted by Gasteiger charge is -2.15. The maximum atomic E-state index is 13.1. The van der Waals surface area contributed by atoms with E-state index in [-0.39, 0.29) is 11.5 Å². The van der Waals surface area contributed by atoms with Crippen molar-refractivity contribution in [2.45, 2.75) is 6.42 Å². The van der Waals surface area contributed by atoms with Crippen molar-refractivity contribution in [1.29, 1.82) is 0 Å². The Morgan fingerprint density at radius 2 is 2.38 bits per heavy atom. The Bertz CT molecular complexity index is 402. The topological polar surface area (TPSA) is 38.8 Å². The lowest BCUT2D eigenvalue weighted by atomic mass is 10.2. The van der Waals surface area contributed by atoms with Gasteiger partial charge in [0.15, 0.2) is 0 Å². The van der Waals surface area contributed by atoms with Crippen molar-refractivity contribution in [2.24, 2.45) is 0 Å². The highest BCUT2D eigenvalue weighted by Gasteiger charge is 2.24. The van der Waals surface area contributed by atoms with Crippen LogP contribution in [0, 0.1) is 5.82 Å². The van der Waals surface area contributed by atoms with Gasteiger partial charge in [-0.25, -0.2) is 9.45 Å². The fraction of sp³-hybridized carbons (Fsp3) is 0.364. The Hall–Kier alpha value is -1.62. The second kappa shape index (κ2) is 4.49.